The summed E-state index contributed by atoms with van der Waals surface area (Å²) in [5.74, 6) is -26.8. The first-order chi connectivity index (χ1) is 12.6. The van der Waals surface area contributed by atoms with Crippen LogP contribution in [0.2, 0.25) is 0 Å². The monoisotopic (exact) mass is 496 g/mol. The molecule has 0 aromatic heterocycles. The molecule has 1 N–H and O–H groups in total. The molecule has 30 heavy (non-hydrogen) atoms. The zero-order valence-electron chi connectivity index (χ0n) is 12.6. The lowest BCUT2D eigenvalue weighted by molar-refractivity contribution is -0.540. The minimum absolute atomic E-state index is 1.12. The Morgan fingerprint density at radius 2 is 0.767 bits per heavy atom. The van der Waals surface area contributed by atoms with Crippen LogP contribution in [0.15, 0.2) is 0 Å². The van der Waals surface area contributed by atoms with Crippen LogP contribution >= 0.6 is 0 Å². The van der Waals surface area contributed by atoms with E-state index < -0.39 is 54.3 Å². The molecule has 0 aromatic rings. The van der Waals surface area contributed by atoms with Crippen LogP contribution in [-0.2, 0) is 14.3 Å². The van der Waals surface area contributed by atoms with Crippen molar-refractivity contribution in [2.45, 2.75) is 48.4 Å². The number of carboxylic acids is 1. The lowest BCUT2D eigenvalue weighted by Gasteiger charge is -2.36. The molecule has 0 saturated carbocycles. The Balaban J connectivity index is 6.12. The van der Waals surface area contributed by atoms with E-state index in [0.29, 0.717) is 0 Å². The Hall–Kier alpha value is -1.80. The molecule has 0 spiro atoms. The summed E-state index contributed by atoms with van der Waals surface area (Å²) in [5.41, 5.74) is 0. The van der Waals surface area contributed by atoms with E-state index in [1.807, 2.05) is 0 Å². The van der Waals surface area contributed by atoms with Crippen molar-refractivity contribution in [1.29, 1.82) is 0 Å². The predicted octanol–water partition coefficient (Wildman–Crippen LogP) is 4.94. The first-order valence-corrected chi connectivity index (χ1v) is 5.96. The van der Waals surface area contributed by atoms with E-state index in [1.54, 1.807) is 0 Å². The fourth-order valence-electron chi connectivity index (χ4n) is 1.04. The van der Waals surface area contributed by atoms with Crippen LogP contribution < -0.4 is 0 Å². The van der Waals surface area contributed by atoms with E-state index >= 15 is 0 Å². The van der Waals surface area contributed by atoms with Gasteiger partial charge in [0.2, 0.25) is 0 Å². The second-order valence-electron chi connectivity index (χ2n) is 4.80. The van der Waals surface area contributed by atoms with Crippen LogP contribution in [0, 0.1) is 0 Å². The summed E-state index contributed by atoms with van der Waals surface area (Å²) in [6.45, 7) is 0. The first-order valence-electron chi connectivity index (χ1n) is 5.96. The minimum Gasteiger partial charge on any atom is -0.477 e. The second-order valence-corrected chi connectivity index (χ2v) is 4.80. The Morgan fingerprint density at radius 3 is 1.03 bits per heavy atom. The smallest absolute Gasteiger partial charge is 0.462 e. The number of aliphatic carboxylic acids is 1. The molecular weight excluding hydrogens is 495 g/mol. The molecule has 4 nitrogen and oxygen atoms in total. The van der Waals surface area contributed by atoms with Crippen LogP contribution in [0.5, 0.6) is 0 Å². The third kappa shape index (κ3) is 4.44. The van der Waals surface area contributed by atoms with E-state index in [9.17, 15) is 79.4 Å². The largest absolute Gasteiger partial charge is 0.477 e. The third-order valence-corrected chi connectivity index (χ3v) is 2.60. The maximum absolute atomic E-state index is 13.0. The summed E-state index contributed by atoms with van der Waals surface area (Å²) in [4.78, 5) is 9.79. The van der Waals surface area contributed by atoms with Crippen molar-refractivity contribution in [2.24, 2.45) is 0 Å². The standard InChI is InChI=1S/C9HF17O4/c10-2(11,1(27)28)6(19,20)29-8(23,24)4(14,15)9(25,26)30-7(21,22)3(12,13)5(16,17)18/h(H,27,28). The highest BCUT2D eigenvalue weighted by Gasteiger charge is 2.84. The molecule has 0 radical (unpaired) electrons. The molecule has 0 unspecified atom stereocenters. The summed E-state index contributed by atoms with van der Waals surface area (Å²) in [6.07, 6.45) is -38.3. The van der Waals surface area contributed by atoms with Gasteiger partial charge in [0.15, 0.2) is 0 Å². The van der Waals surface area contributed by atoms with Gasteiger partial charge in [0.25, 0.3) is 0 Å². The molecule has 180 valence electrons. The van der Waals surface area contributed by atoms with Gasteiger partial charge in [-0.3, -0.25) is 0 Å². The number of alkyl halides is 17. The number of hydrogen-bond donors (Lipinski definition) is 1. The van der Waals surface area contributed by atoms with E-state index in [2.05, 4.69) is 0 Å². The fraction of sp³-hybridized carbons (Fsp3) is 0.889. The van der Waals surface area contributed by atoms with Gasteiger partial charge in [0.05, 0.1) is 0 Å². The molecule has 0 rings (SSSR count). The third-order valence-electron chi connectivity index (χ3n) is 2.60. The van der Waals surface area contributed by atoms with Gasteiger partial charge >= 0.3 is 54.3 Å². The van der Waals surface area contributed by atoms with E-state index in [-0.39, 0.29) is 0 Å². The van der Waals surface area contributed by atoms with Crippen molar-refractivity contribution in [2.75, 3.05) is 0 Å². The lowest BCUT2D eigenvalue weighted by Crippen LogP contribution is -2.64. The first kappa shape index (κ1) is 28.2. The molecular formula is C9HF17O4. The fourth-order valence-corrected chi connectivity index (χ4v) is 1.04. The Bertz CT molecular complexity index is 650. The zero-order chi connectivity index (χ0) is 25.0. The predicted molar refractivity (Wildman–Crippen MR) is 50.5 cm³/mol. The molecule has 0 amide bonds. The van der Waals surface area contributed by atoms with E-state index in [4.69, 9.17) is 5.11 Å². The number of carbonyl (C=O) groups is 1. The van der Waals surface area contributed by atoms with Crippen LogP contribution in [0.25, 0.3) is 0 Å². The number of carboxylic acid groups (broad SMARTS) is 1. The molecule has 0 heterocycles. The molecule has 0 aromatic carbocycles. The van der Waals surface area contributed by atoms with Gasteiger partial charge in [-0.15, -0.1) is 0 Å². The zero-order valence-corrected chi connectivity index (χ0v) is 12.6. The Labute approximate surface area is 150 Å². The van der Waals surface area contributed by atoms with Crippen LogP contribution in [-0.4, -0.2) is 59.5 Å². The lowest BCUT2D eigenvalue weighted by atomic mass is 10.2. The van der Waals surface area contributed by atoms with Crippen molar-refractivity contribution < 1.29 is 94.0 Å². The maximum Gasteiger partial charge on any atom is 0.462 e. The molecule has 0 bridgehead atoms. The summed E-state index contributed by atoms with van der Waals surface area (Å²) >= 11 is 0. The van der Waals surface area contributed by atoms with Gasteiger partial charge in [-0.05, 0) is 0 Å². The van der Waals surface area contributed by atoms with Gasteiger partial charge in [-0.1, -0.05) is 0 Å². The van der Waals surface area contributed by atoms with Crippen molar-refractivity contribution in [1.82, 2.24) is 0 Å². The summed E-state index contributed by atoms with van der Waals surface area (Å²) in [7, 11) is 0. The summed E-state index contributed by atoms with van der Waals surface area (Å²) in [5, 5.41) is 7.65. The van der Waals surface area contributed by atoms with E-state index in [1.165, 1.54) is 4.74 Å². The molecule has 0 aliphatic rings. The topological polar surface area (TPSA) is 55.8 Å². The van der Waals surface area contributed by atoms with Gasteiger partial charge in [0, 0.05) is 0 Å². The van der Waals surface area contributed by atoms with Crippen LogP contribution in [0.1, 0.15) is 0 Å². The van der Waals surface area contributed by atoms with E-state index in [0.717, 1.165) is 4.74 Å². The molecule has 21 heteroatoms. The minimum atomic E-state index is -8.09. The van der Waals surface area contributed by atoms with Crippen molar-refractivity contribution in [3.05, 3.63) is 0 Å². The normalized spacial score (nSPS) is 16.0. The van der Waals surface area contributed by atoms with Gasteiger partial charge in [0.1, 0.15) is 0 Å². The van der Waals surface area contributed by atoms with Crippen LogP contribution in [0.4, 0.5) is 74.6 Å². The Kier molecular flexibility index (Phi) is 6.70. The summed E-state index contributed by atoms with van der Waals surface area (Å²) in [6, 6.07) is 0. The summed E-state index contributed by atoms with van der Waals surface area (Å²) < 4.78 is 215. The van der Waals surface area contributed by atoms with Crippen molar-refractivity contribution >= 4 is 5.97 Å². The van der Waals surface area contributed by atoms with Crippen molar-refractivity contribution in [3.8, 4) is 0 Å². The highest BCUT2D eigenvalue weighted by atomic mass is 19.4. The number of halogens is 17. The Morgan fingerprint density at radius 1 is 0.500 bits per heavy atom. The van der Waals surface area contributed by atoms with Gasteiger partial charge < -0.3 is 5.11 Å². The number of rotatable bonds is 9. The SMILES string of the molecule is O=C(O)C(F)(F)C(F)(F)OC(F)(F)C(F)(F)C(F)(F)OC(F)(F)C(F)(F)C(F)(F)F. The number of ether oxygens (including phenoxy) is 2. The molecule has 0 aliphatic heterocycles. The molecule has 0 aliphatic carbocycles. The van der Waals surface area contributed by atoms with Gasteiger partial charge in [-0.25, -0.2) is 14.3 Å². The highest BCUT2D eigenvalue weighted by molar-refractivity contribution is 5.76. The molecule has 0 saturated heterocycles. The van der Waals surface area contributed by atoms with Crippen LogP contribution in [0.3, 0.4) is 0 Å². The highest BCUT2D eigenvalue weighted by Crippen LogP contribution is 2.55. The second kappa shape index (κ2) is 7.12. The molecule has 0 fully saturated rings. The average molecular weight is 496 g/mol. The quantitative estimate of drug-likeness (QED) is 0.460. The van der Waals surface area contributed by atoms with Crippen molar-refractivity contribution in [3.63, 3.8) is 0 Å². The molecule has 0 atom stereocenters. The maximum atomic E-state index is 13.0. The van der Waals surface area contributed by atoms with Gasteiger partial charge in [-0.2, -0.15) is 74.6 Å². The number of hydrogen-bond acceptors (Lipinski definition) is 3. The average Bonchev–Trinajstić information content (AvgIpc) is 2.42.